The van der Waals surface area contributed by atoms with E-state index in [9.17, 15) is 13.9 Å². The molecule has 2 aliphatic heterocycles. The summed E-state index contributed by atoms with van der Waals surface area (Å²) >= 11 is 6.15. The van der Waals surface area contributed by atoms with Crippen molar-refractivity contribution >= 4 is 28.3 Å². The highest BCUT2D eigenvalue weighted by Gasteiger charge is 2.39. The van der Waals surface area contributed by atoms with Gasteiger partial charge in [0.25, 0.3) is 0 Å². The van der Waals surface area contributed by atoms with Crippen LogP contribution in [0.2, 0.25) is 5.02 Å². The number of piperazine rings is 1. The topological polar surface area (TPSA) is 133 Å². The zero-order chi connectivity index (χ0) is 29.0. The maximum absolute atomic E-state index is 13.7. The molecule has 1 aromatic carbocycles. The average Bonchev–Trinajstić information content (AvgIpc) is 3.09. The molecule has 41 heavy (non-hydrogen) atoms. The van der Waals surface area contributed by atoms with Gasteiger partial charge < -0.3 is 21.1 Å². The van der Waals surface area contributed by atoms with E-state index in [0.29, 0.717) is 35.2 Å². The molecule has 11 heteroatoms. The van der Waals surface area contributed by atoms with Gasteiger partial charge >= 0.3 is 0 Å². The highest BCUT2D eigenvalue weighted by Crippen LogP contribution is 2.49. The molecule has 226 valence electrons. The number of ether oxygens (including phenoxy) is 1. The maximum Gasteiger partial charge on any atom is 0.238 e. The van der Waals surface area contributed by atoms with Crippen molar-refractivity contribution in [2.24, 2.45) is 11.7 Å². The molecular weight excluding hydrogens is 562 g/mol. The fourth-order valence-corrected chi connectivity index (χ4v) is 8.82. The molecule has 2 saturated heterocycles. The number of nitrogens with one attached hydrogen (secondary N) is 2. The Morgan fingerprint density at radius 2 is 1.90 bits per heavy atom. The molecule has 0 spiro atoms. The molecule has 1 aliphatic carbocycles. The third-order valence-electron chi connectivity index (χ3n) is 9.12. The first kappa shape index (κ1) is 30.5. The van der Waals surface area contributed by atoms with Crippen LogP contribution in [0.3, 0.4) is 0 Å². The van der Waals surface area contributed by atoms with E-state index in [2.05, 4.69) is 15.6 Å². The zero-order valence-corrected chi connectivity index (χ0v) is 25.3. The van der Waals surface area contributed by atoms with Crippen LogP contribution in [0, 0.1) is 5.92 Å². The number of methoxy groups -OCH3 is 1. The van der Waals surface area contributed by atoms with Gasteiger partial charge in [0.05, 0.1) is 18.9 Å². The number of hydrogen-bond acceptors (Lipinski definition) is 8. The summed E-state index contributed by atoms with van der Waals surface area (Å²) in [5.74, 6) is 0.698. The molecule has 6 N–H and O–H groups in total. The SMILES string of the molecule is COc1ccc([C@H](c2ccc(Cl)cc2)[C@H](N)C(=O)N[C@H]2CCCC[C@@H]2CC[C@H]2CN[C@@H]3CCCS(O)(O)N2C3)cn1. The van der Waals surface area contributed by atoms with Crippen molar-refractivity contribution in [3.63, 3.8) is 0 Å². The Labute approximate surface area is 250 Å². The molecule has 1 amide bonds. The van der Waals surface area contributed by atoms with Gasteiger partial charge in [-0.1, -0.05) is 42.6 Å². The molecule has 9 nitrogen and oxygen atoms in total. The highest BCUT2D eigenvalue weighted by molar-refractivity contribution is 8.22. The second-order valence-electron chi connectivity index (χ2n) is 11.8. The predicted molar refractivity (Wildman–Crippen MR) is 164 cm³/mol. The molecule has 3 fully saturated rings. The van der Waals surface area contributed by atoms with Crippen LogP contribution >= 0.6 is 22.4 Å². The first-order chi connectivity index (χ1) is 19.7. The molecule has 1 unspecified atom stereocenters. The van der Waals surface area contributed by atoms with Gasteiger partial charge in [0.15, 0.2) is 0 Å². The molecule has 7 atom stereocenters. The first-order valence-corrected chi connectivity index (χ1v) is 16.9. The molecule has 1 saturated carbocycles. The van der Waals surface area contributed by atoms with Crippen molar-refractivity contribution in [3.8, 4) is 5.88 Å². The van der Waals surface area contributed by atoms with Gasteiger partial charge in [-0.15, -0.1) is 10.8 Å². The van der Waals surface area contributed by atoms with Crippen LogP contribution in [0.25, 0.3) is 0 Å². The number of rotatable bonds is 9. The Kier molecular flexibility index (Phi) is 10.1. The lowest BCUT2D eigenvalue weighted by atomic mass is 9.80. The van der Waals surface area contributed by atoms with Crippen molar-refractivity contribution in [1.82, 2.24) is 19.9 Å². The van der Waals surface area contributed by atoms with E-state index >= 15 is 0 Å². The van der Waals surface area contributed by atoms with Crippen LogP contribution in [0.1, 0.15) is 68.4 Å². The lowest BCUT2D eigenvalue weighted by Crippen LogP contribution is -2.56. The zero-order valence-electron chi connectivity index (χ0n) is 23.8. The quantitative estimate of drug-likeness (QED) is 0.276. The summed E-state index contributed by atoms with van der Waals surface area (Å²) < 4.78 is 28.9. The first-order valence-electron chi connectivity index (χ1n) is 14.8. The van der Waals surface area contributed by atoms with E-state index in [1.165, 1.54) is 0 Å². The monoisotopic (exact) mass is 605 g/mol. The Morgan fingerprint density at radius 1 is 1.15 bits per heavy atom. The summed E-state index contributed by atoms with van der Waals surface area (Å²) in [5, 5.41) is 7.56. The van der Waals surface area contributed by atoms with Crippen molar-refractivity contribution in [2.45, 2.75) is 81.5 Å². The Bertz CT molecular complexity index is 1150. The summed E-state index contributed by atoms with van der Waals surface area (Å²) in [7, 11) is -1.15. The smallest absolute Gasteiger partial charge is 0.238 e. The molecule has 5 rings (SSSR count). The van der Waals surface area contributed by atoms with E-state index in [4.69, 9.17) is 22.1 Å². The molecule has 1 aromatic heterocycles. The molecule has 3 aliphatic rings. The van der Waals surface area contributed by atoms with Gasteiger partial charge in [0.2, 0.25) is 11.8 Å². The number of halogens is 1. The van der Waals surface area contributed by atoms with Crippen molar-refractivity contribution in [3.05, 3.63) is 58.7 Å². The van der Waals surface area contributed by atoms with Crippen LogP contribution in [0.4, 0.5) is 0 Å². The fourth-order valence-electron chi connectivity index (χ4n) is 6.83. The molecule has 3 heterocycles. The third-order valence-corrected chi connectivity index (χ3v) is 11.4. The van der Waals surface area contributed by atoms with E-state index < -0.39 is 22.7 Å². The lowest BCUT2D eigenvalue weighted by molar-refractivity contribution is -0.124. The number of nitrogens with zero attached hydrogens (tertiary/aromatic N) is 2. The van der Waals surface area contributed by atoms with Gasteiger partial charge in [0.1, 0.15) is 0 Å². The van der Waals surface area contributed by atoms with Crippen LogP contribution in [0.5, 0.6) is 5.88 Å². The van der Waals surface area contributed by atoms with Crippen molar-refractivity contribution < 1.29 is 18.6 Å². The van der Waals surface area contributed by atoms with Gasteiger partial charge in [0, 0.05) is 54.4 Å². The van der Waals surface area contributed by atoms with Gasteiger partial charge in [-0.2, -0.15) is 0 Å². The summed E-state index contributed by atoms with van der Waals surface area (Å²) in [6.45, 7) is 1.47. The summed E-state index contributed by atoms with van der Waals surface area (Å²) in [4.78, 5) is 18.1. The summed E-state index contributed by atoms with van der Waals surface area (Å²) in [5.41, 5.74) is 8.44. The third kappa shape index (κ3) is 7.36. The number of benzene rings is 1. The number of aromatic nitrogens is 1. The summed E-state index contributed by atoms with van der Waals surface area (Å²) in [6, 6.07) is 10.8. The largest absolute Gasteiger partial charge is 0.481 e. The Morgan fingerprint density at radius 3 is 2.63 bits per heavy atom. The number of pyridine rings is 1. The minimum atomic E-state index is -2.72. The predicted octanol–water partition coefficient (Wildman–Crippen LogP) is 4.76. The summed E-state index contributed by atoms with van der Waals surface area (Å²) in [6.07, 6.45) is 9.49. The van der Waals surface area contributed by atoms with Gasteiger partial charge in [-0.3, -0.25) is 13.9 Å². The van der Waals surface area contributed by atoms with Crippen LogP contribution in [0.15, 0.2) is 42.6 Å². The van der Waals surface area contributed by atoms with E-state index in [1.54, 1.807) is 19.4 Å². The number of fused-ring (bicyclic) bond motifs is 2. The van der Waals surface area contributed by atoms with Crippen LogP contribution < -0.4 is 21.1 Å². The maximum atomic E-state index is 13.7. The number of carbonyl (C=O) groups excluding carboxylic acids is 1. The number of hydrogen-bond donors (Lipinski definition) is 5. The van der Waals surface area contributed by atoms with E-state index in [0.717, 1.165) is 69.0 Å². The molecular formula is C30H44ClN5O4S. The minimum absolute atomic E-state index is 0.0379. The van der Waals surface area contributed by atoms with E-state index in [1.807, 2.05) is 34.6 Å². The van der Waals surface area contributed by atoms with Gasteiger partial charge in [-0.25, -0.2) is 9.29 Å². The highest BCUT2D eigenvalue weighted by atomic mass is 35.5. The van der Waals surface area contributed by atoms with Crippen LogP contribution in [-0.4, -0.2) is 74.4 Å². The molecule has 2 bridgehead atoms. The number of amides is 1. The second kappa shape index (κ2) is 13.6. The van der Waals surface area contributed by atoms with Crippen molar-refractivity contribution in [1.29, 1.82) is 0 Å². The standard InChI is InChI=1S/C30H44ClN5O4S/c1-40-27-15-11-22(17-34-27)28(21-8-12-23(31)13-9-21)29(32)30(37)35-26-7-3-2-5-20(26)10-14-25-18-33-24-6-4-16-41(38,39)36(25)19-24/h8-9,11-13,15,17,20,24-26,28-29,33,38-39H,2-7,10,14,16,18-19,32H2,1H3,(H,35,37)/t20-,24-,25+,26+,28+,29+/m1/s1. The second-order valence-corrected chi connectivity index (χ2v) is 14.3. The average molecular weight is 606 g/mol. The Balaban J connectivity index is 1.27. The van der Waals surface area contributed by atoms with Crippen LogP contribution in [-0.2, 0) is 4.79 Å². The normalized spacial score (nSPS) is 29.9. The fraction of sp³-hybridized carbons (Fsp3) is 0.600. The number of carbonyl (C=O) groups is 1. The van der Waals surface area contributed by atoms with E-state index in [-0.39, 0.29) is 18.0 Å². The Hall–Kier alpha value is -1.92. The van der Waals surface area contributed by atoms with Crippen molar-refractivity contribution in [2.75, 3.05) is 26.0 Å². The minimum Gasteiger partial charge on any atom is -0.481 e. The lowest BCUT2D eigenvalue weighted by Gasteiger charge is -2.49. The number of nitrogens with two attached hydrogens (primary N) is 1. The molecule has 0 radical (unpaired) electrons. The van der Waals surface area contributed by atoms with Gasteiger partial charge in [-0.05, 0) is 67.7 Å². The molecule has 2 aromatic rings.